The van der Waals surface area contributed by atoms with Crippen LogP contribution in [0.1, 0.15) is 37.2 Å². The molecule has 3 aliphatic rings. The van der Waals surface area contributed by atoms with Gasteiger partial charge in [-0.15, -0.1) is 0 Å². The van der Waals surface area contributed by atoms with E-state index in [0.29, 0.717) is 58.1 Å². The summed E-state index contributed by atoms with van der Waals surface area (Å²) < 4.78 is 25.2. The Morgan fingerprint density at radius 2 is 2.05 bits per heavy atom. The SMILES string of the molecule is CCc1nc2c(-c3ncco3)nc3c(F)c(-c4cc(O)cc5ccccc45)c(CCC#N)cc3c2n1C1C2CNC1C2. The maximum atomic E-state index is 17.2. The molecule has 1 aliphatic carbocycles. The molecule has 3 aromatic carbocycles. The Kier molecular flexibility index (Phi) is 5.56. The first-order valence-electron chi connectivity index (χ1n) is 14.4. The van der Waals surface area contributed by atoms with Crippen LogP contribution in [-0.2, 0) is 12.8 Å². The lowest BCUT2D eigenvalue weighted by atomic mass is 9.79. The highest BCUT2D eigenvalue weighted by Gasteiger charge is 2.49. The summed E-state index contributed by atoms with van der Waals surface area (Å²) >= 11 is 0. The minimum atomic E-state index is -0.508. The van der Waals surface area contributed by atoms with Gasteiger partial charge in [-0.1, -0.05) is 31.2 Å². The number of phenolic OH excluding ortho intramolecular Hbond substituents is 1. The number of hydrogen-bond donors (Lipinski definition) is 2. The van der Waals surface area contributed by atoms with Gasteiger partial charge in [-0.2, -0.15) is 5.26 Å². The smallest absolute Gasteiger partial charge is 0.247 e. The van der Waals surface area contributed by atoms with E-state index in [4.69, 9.17) is 14.4 Å². The highest BCUT2D eigenvalue weighted by Crippen LogP contribution is 2.48. The molecule has 208 valence electrons. The number of hydrogen-bond acceptors (Lipinski definition) is 7. The third-order valence-corrected chi connectivity index (χ3v) is 8.97. The molecular weight excluding hydrogens is 531 g/mol. The van der Waals surface area contributed by atoms with Crippen LogP contribution < -0.4 is 5.32 Å². The van der Waals surface area contributed by atoms with E-state index >= 15 is 4.39 Å². The number of oxazole rings is 1. The van der Waals surface area contributed by atoms with Crippen LogP contribution in [0, 0.1) is 23.1 Å². The topological polar surface area (TPSA) is 113 Å². The monoisotopic (exact) mass is 558 g/mol. The molecule has 2 bridgehead atoms. The van der Waals surface area contributed by atoms with Gasteiger partial charge in [0.15, 0.2) is 11.5 Å². The van der Waals surface area contributed by atoms with Crippen molar-refractivity contribution in [3.8, 4) is 34.5 Å². The first-order chi connectivity index (χ1) is 20.6. The molecule has 2 aliphatic heterocycles. The number of aromatic hydroxyl groups is 1. The Labute approximate surface area is 240 Å². The maximum absolute atomic E-state index is 17.2. The normalized spacial score (nSPS) is 19.5. The lowest BCUT2D eigenvalue weighted by Gasteiger charge is -2.37. The molecule has 2 N–H and O–H groups in total. The number of imidazole rings is 1. The highest BCUT2D eigenvalue weighted by molar-refractivity contribution is 6.10. The average molecular weight is 559 g/mol. The number of nitrogens with zero attached hydrogens (tertiary/aromatic N) is 5. The fourth-order valence-electron chi connectivity index (χ4n) is 7.13. The largest absolute Gasteiger partial charge is 0.508 e. The van der Waals surface area contributed by atoms with Gasteiger partial charge >= 0.3 is 0 Å². The molecular formula is C33H27FN6O2. The molecule has 42 heavy (non-hydrogen) atoms. The van der Waals surface area contributed by atoms with Gasteiger partial charge < -0.3 is 19.4 Å². The van der Waals surface area contributed by atoms with Gasteiger partial charge in [0, 0.05) is 36.4 Å². The van der Waals surface area contributed by atoms with Crippen molar-refractivity contribution in [2.24, 2.45) is 5.92 Å². The van der Waals surface area contributed by atoms with E-state index in [2.05, 4.69) is 27.9 Å². The number of aryl methyl sites for hydroxylation is 2. The summed E-state index contributed by atoms with van der Waals surface area (Å²) in [7, 11) is 0. The molecule has 6 aromatic rings. The van der Waals surface area contributed by atoms with Gasteiger partial charge in [0.05, 0.1) is 23.8 Å². The fourth-order valence-corrected chi connectivity index (χ4v) is 7.13. The molecule has 0 amide bonds. The van der Waals surface area contributed by atoms with E-state index < -0.39 is 5.82 Å². The van der Waals surface area contributed by atoms with E-state index in [0.717, 1.165) is 35.1 Å². The molecule has 3 atom stereocenters. The summed E-state index contributed by atoms with van der Waals surface area (Å²) in [6.07, 6.45) is 5.40. The molecule has 5 heterocycles. The van der Waals surface area contributed by atoms with Gasteiger partial charge in [0.25, 0.3) is 0 Å². The zero-order valence-corrected chi connectivity index (χ0v) is 22.9. The quantitative estimate of drug-likeness (QED) is 0.241. The van der Waals surface area contributed by atoms with Gasteiger partial charge in [-0.25, -0.2) is 19.3 Å². The van der Waals surface area contributed by atoms with E-state index in [9.17, 15) is 10.4 Å². The number of pyridine rings is 1. The summed E-state index contributed by atoms with van der Waals surface area (Å²) in [5.41, 5.74) is 3.61. The molecule has 9 rings (SSSR count). The average Bonchev–Trinajstić information content (AvgIpc) is 3.80. The van der Waals surface area contributed by atoms with Gasteiger partial charge in [-0.3, -0.25) is 0 Å². The Hall–Kier alpha value is -4.81. The van der Waals surface area contributed by atoms with Crippen molar-refractivity contribution < 1.29 is 13.9 Å². The predicted molar refractivity (Wildman–Crippen MR) is 157 cm³/mol. The summed E-state index contributed by atoms with van der Waals surface area (Å²) in [6, 6.07) is 15.6. The predicted octanol–water partition coefficient (Wildman–Crippen LogP) is 6.46. The van der Waals surface area contributed by atoms with Crippen molar-refractivity contribution in [1.82, 2.24) is 24.8 Å². The van der Waals surface area contributed by atoms with E-state index in [1.54, 1.807) is 18.3 Å². The van der Waals surface area contributed by atoms with Crippen LogP contribution in [0.25, 0.3) is 55.4 Å². The van der Waals surface area contributed by atoms with Crippen LogP contribution >= 0.6 is 0 Å². The molecule has 0 radical (unpaired) electrons. The van der Waals surface area contributed by atoms with Gasteiger partial charge in [-0.05, 0) is 58.9 Å². The molecule has 0 spiro atoms. The third-order valence-electron chi connectivity index (χ3n) is 8.97. The summed E-state index contributed by atoms with van der Waals surface area (Å²) in [5.74, 6) is 1.20. The van der Waals surface area contributed by atoms with Crippen molar-refractivity contribution in [1.29, 1.82) is 5.26 Å². The first kappa shape index (κ1) is 24.9. The second-order valence-electron chi connectivity index (χ2n) is 11.2. The molecule has 3 aromatic heterocycles. The maximum Gasteiger partial charge on any atom is 0.247 e. The second-order valence-corrected chi connectivity index (χ2v) is 11.2. The molecule has 8 nitrogen and oxygen atoms in total. The van der Waals surface area contributed by atoms with Crippen LogP contribution in [0.15, 0.2) is 59.3 Å². The van der Waals surface area contributed by atoms with E-state index in [1.807, 2.05) is 30.3 Å². The fraction of sp³-hybridized carbons (Fsp3) is 0.273. The van der Waals surface area contributed by atoms with Crippen molar-refractivity contribution in [2.75, 3.05) is 6.54 Å². The first-order valence-corrected chi connectivity index (χ1v) is 14.4. The highest BCUT2D eigenvalue weighted by atomic mass is 19.1. The number of nitriles is 1. The number of aromatic nitrogens is 4. The minimum absolute atomic E-state index is 0.0388. The Morgan fingerprint density at radius 1 is 1.17 bits per heavy atom. The van der Waals surface area contributed by atoms with Crippen LogP contribution in [0.3, 0.4) is 0 Å². The summed E-state index contributed by atoms with van der Waals surface area (Å²) in [4.78, 5) is 14.3. The third kappa shape index (κ3) is 3.51. The zero-order chi connectivity index (χ0) is 28.5. The van der Waals surface area contributed by atoms with Crippen molar-refractivity contribution in [3.05, 3.63) is 72.1 Å². The summed E-state index contributed by atoms with van der Waals surface area (Å²) in [6.45, 7) is 3.03. The Bertz CT molecular complexity index is 2060. The number of benzene rings is 3. The zero-order valence-electron chi connectivity index (χ0n) is 22.9. The molecule has 3 fully saturated rings. The van der Waals surface area contributed by atoms with Crippen LogP contribution in [0.5, 0.6) is 5.75 Å². The standard InChI is InChI=1S/C33H27FN6O2/c1-2-25-38-29-30(33-36-10-11-42-33)39-28-23(32(29)40(25)31-19-14-24(31)37-16-19)13-18(7-5-9-35)26(27(28)34)22-15-20(41)12-17-6-3-4-8-21(17)22/h3-4,6,8,10-13,15,19,24,31,37,41H,2,5,7,14,16H2,1H3. The lowest BCUT2D eigenvalue weighted by Crippen LogP contribution is -2.39. The Balaban J connectivity index is 1.52. The molecule has 9 heteroatoms. The lowest BCUT2D eigenvalue weighted by molar-refractivity contribution is 0.221. The van der Waals surface area contributed by atoms with E-state index in [1.165, 1.54) is 6.26 Å². The van der Waals surface area contributed by atoms with Crippen LogP contribution in [0.4, 0.5) is 4.39 Å². The number of fused-ring (bicyclic) bond motifs is 5. The van der Waals surface area contributed by atoms with Crippen LogP contribution in [-0.4, -0.2) is 37.2 Å². The van der Waals surface area contributed by atoms with Gasteiger partial charge in [0.2, 0.25) is 5.89 Å². The number of halogens is 1. The van der Waals surface area contributed by atoms with Crippen molar-refractivity contribution >= 4 is 32.7 Å². The van der Waals surface area contributed by atoms with Crippen molar-refractivity contribution in [3.63, 3.8) is 0 Å². The number of nitrogens with one attached hydrogen (secondary N) is 1. The molecule has 3 unspecified atom stereocenters. The van der Waals surface area contributed by atoms with Crippen molar-refractivity contribution in [2.45, 2.75) is 44.7 Å². The van der Waals surface area contributed by atoms with Gasteiger partial charge in [0.1, 0.15) is 28.9 Å². The Morgan fingerprint density at radius 3 is 2.79 bits per heavy atom. The van der Waals surface area contributed by atoms with E-state index in [-0.39, 0.29) is 29.6 Å². The molecule has 2 saturated heterocycles. The summed E-state index contributed by atoms with van der Waals surface area (Å²) in [5, 5.41) is 26.0. The number of rotatable bonds is 6. The second kappa shape index (κ2) is 9.36. The minimum Gasteiger partial charge on any atom is -0.508 e. The number of phenols is 1. The van der Waals surface area contributed by atoms with Crippen LogP contribution in [0.2, 0.25) is 0 Å². The molecule has 1 saturated carbocycles.